The van der Waals surface area contributed by atoms with Gasteiger partial charge in [-0.3, -0.25) is 0 Å². The number of nitrogens with zero attached hydrogens (tertiary/aromatic N) is 1. The molecule has 0 fully saturated rings. The van der Waals surface area contributed by atoms with Crippen LogP contribution >= 0.6 is 34.9 Å². The zero-order chi connectivity index (χ0) is 17.6. The van der Waals surface area contributed by atoms with Gasteiger partial charge in [-0.05, 0) is 49.0 Å². The van der Waals surface area contributed by atoms with Crippen LogP contribution in [-0.4, -0.2) is 17.2 Å². The van der Waals surface area contributed by atoms with Crippen LogP contribution in [0.4, 0.5) is 0 Å². The van der Waals surface area contributed by atoms with Crippen molar-refractivity contribution in [1.29, 1.82) is 0 Å². The van der Waals surface area contributed by atoms with Crippen molar-refractivity contribution in [2.75, 3.05) is 7.11 Å². The Morgan fingerprint density at radius 2 is 1.88 bits per heavy atom. The van der Waals surface area contributed by atoms with Gasteiger partial charge in [0, 0.05) is 16.8 Å². The van der Waals surface area contributed by atoms with Gasteiger partial charge in [0.15, 0.2) is 5.11 Å². The van der Waals surface area contributed by atoms with E-state index in [1.165, 1.54) is 9.75 Å². The van der Waals surface area contributed by atoms with E-state index in [9.17, 15) is 0 Å². The normalized spacial score (nSPS) is 10.5. The van der Waals surface area contributed by atoms with Gasteiger partial charge in [0.05, 0.1) is 29.2 Å². The van der Waals surface area contributed by atoms with E-state index in [1.54, 1.807) is 29.8 Å². The fourth-order valence-electron chi connectivity index (χ4n) is 2.24. The highest BCUT2D eigenvalue weighted by molar-refractivity contribution is 7.80. The van der Waals surface area contributed by atoms with Crippen LogP contribution in [0.25, 0.3) is 10.6 Å². The lowest BCUT2D eigenvalue weighted by atomic mass is 10.2. The van der Waals surface area contributed by atoms with Crippen molar-refractivity contribution < 1.29 is 4.74 Å². The molecule has 2 heterocycles. The van der Waals surface area contributed by atoms with Crippen molar-refractivity contribution in [1.82, 2.24) is 15.6 Å². The minimum absolute atomic E-state index is 0.648. The zero-order valence-corrected chi connectivity index (χ0v) is 16.5. The first kappa shape index (κ1) is 17.8. The van der Waals surface area contributed by atoms with E-state index < -0.39 is 0 Å². The molecule has 0 radical (unpaired) electrons. The summed E-state index contributed by atoms with van der Waals surface area (Å²) in [6, 6.07) is 12.2. The number of hydrogen-bond donors (Lipinski definition) is 2. The monoisotopic (exact) mass is 389 g/mol. The third kappa shape index (κ3) is 5.01. The summed E-state index contributed by atoms with van der Waals surface area (Å²) in [4.78, 5) is 6.95. The number of hydrogen-bond acceptors (Lipinski definition) is 5. The minimum atomic E-state index is 0.648. The lowest BCUT2D eigenvalue weighted by Gasteiger charge is -2.10. The number of rotatable bonds is 6. The molecule has 0 amide bonds. The van der Waals surface area contributed by atoms with Crippen LogP contribution in [0.5, 0.6) is 5.75 Å². The highest BCUT2D eigenvalue weighted by Gasteiger charge is 2.06. The van der Waals surface area contributed by atoms with Crippen molar-refractivity contribution in [2.24, 2.45) is 0 Å². The number of thiocarbonyl (C=S) groups is 1. The van der Waals surface area contributed by atoms with Gasteiger partial charge >= 0.3 is 0 Å². The zero-order valence-electron chi connectivity index (χ0n) is 14.0. The molecule has 0 bridgehead atoms. The molecule has 0 aliphatic rings. The number of aromatic nitrogens is 1. The first-order valence-electron chi connectivity index (χ1n) is 7.80. The van der Waals surface area contributed by atoms with Crippen LogP contribution in [-0.2, 0) is 13.1 Å². The number of thiazole rings is 1. The lowest BCUT2D eigenvalue weighted by Crippen LogP contribution is -2.34. The molecule has 0 aliphatic heterocycles. The summed E-state index contributed by atoms with van der Waals surface area (Å²) in [6.07, 6.45) is 0. The fourth-order valence-corrected chi connectivity index (χ4v) is 3.98. The Hall–Kier alpha value is -1.96. The van der Waals surface area contributed by atoms with Crippen LogP contribution < -0.4 is 15.4 Å². The molecule has 3 rings (SSSR count). The van der Waals surface area contributed by atoms with Gasteiger partial charge in [0.1, 0.15) is 5.75 Å². The van der Waals surface area contributed by atoms with Gasteiger partial charge in [-0.1, -0.05) is 12.1 Å². The van der Waals surface area contributed by atoms with E-state index in [0.717, 1.165) is 22.0 Å². The highest BCUT2D eigenvalue weighted by Crippen LogP contribution is 2.28. The van der Waals surface area contributed by atoms with Crippen molar-refractivity contribution in [2.45, 2.75) is 20.0 Å². The maximum atomic E-state index is 5.35. The second kappa shape index (κ2) is 8.42. The van der Waals surface area contributed by atoms with Crippen LogP contribution in [0.1, 0.15) is 15.4 Å². The predicted octanol–water partition coefficient (Wildman–Crippen LogP) is 4.35. The number of aryl methyl sites for hydroxylation is 1. The smallest absolute Gasteiger partial charge is 0.166 e. The van der Waals surface area contributed by atoms with Crippen LogP contribution in [0, 0.1) is 6.92 Å². The number of thiophene rings is 1. The van der Waals surface area contributed by atoms with Gasteiger partial charge < -0.3 is 15.4 Å². The maximum Gasteiger partial charge on any atom is 0.166 e. The number of nitrogens with one attached hydrogen (secondary N) is 2. The van der Waals surface area contributed by atoms with Crippen molar-refractivity contribution in [3.8, 4) is 16.3 Å². The van der Waals surface area contributed by atoms with Crippen molar-refractivity contribution >= 4 is 40.0 Å². The molecule has 25 heavy (non-hydrogen) atoms. The molecule has 1 aromatic carbocycles. The molecule has 0 saturated carbocycles. The number of ether oxygens (including phenoxy) is 1. The predicted molar refractivity (Wildman–Crippen MR) is 109 cm³/mol. The Labute approximate surface area is 160 Å². The molecule has 2 N–H and O–H groups in total. The molecule has 130 valence electrons. The molecule has 0 atom stereocenters. The third-order valence-corrected chi connectivity index (χ3v) is 5.74. The van der Waals surface area contributed by atoms with Gasteiger partial charge in [0.2, 0.25) is 0 Å². The standard InChI is InChI=1S/C18H19N3OS3/c1-12-21-16(11-24-12)17-8-7-15(25-17)10-20-18(23)19-9-13-3-5-14(22-2)6-4-13/h3-8,11H,9-10H2,1-2H3,(H2,19,20,23). The van der Waals surface area contributed by atoms with E-state index in [0.29, 0.717) is 18.2 Å². The van der Waals surface area contributed by atoms with Crippen LogP contribution in [0.15, 0.2) is 41.8 Å². The molecule has 0 aliphatic carbocycles. The SMILES string of the molecule is COc1ccc(CNC(=S)NCc2ccc(-c3csc(C)n3)s2)cc1. The second-order valence-corrected chi connectivity index (χ2v) is 8.04. The summed E-state index contributed by atoms with van der Waals surface area (Å²) < 4.78 is 5.16. The molecule has 4 nitrogen and oxygen atoms in total. The van der Waals surface area contributed by atoms with E-state index in [1.807, 2.05) is 31.2 Å². The van der Waals surface area contributed by atoms with Gasteiger partial charge in [-0.15, -0.1) is 22.7 Å². The Kier molecular flexibility index (Phi) is 6.01. The molecular formula is C18H19N3OS3. The van der Waals surface area contributed by atoms with Crippen LogP contribution in [0.2, 0.25) is 0 Å². The van der Waals surface area contributed by atoms with Gasteiger partial charge in [-0.2, -0.15) is 0 Å². The summed E-state index contributed by atoms with van der Waals surface area (Å²) in [5.41, 5.74) is 2.21. The number of methoxy groups -OCH3 is 1. The molecule has 0 unspecified atom stereocenters. The molecule has 2 aromatic heterocycles. The Morgan fingerprint density at radius 3 is 2.56 bits per heavy atom. The summed E-state index contributed by atoms with van der Waals surface area (Å²) >= 11 is 8.77. The summed E-state index contributed by atoms with van der Waals surface area (Å²) in [5, 5.41) is 10.3. The average Bonchev–Trinajstić information content (AvgIpc) is 3.27. The molecular weight excluding hydrogens is 370 g/mol. The highest BCUT2D eigenvalue weighted by atomic mass is 32.1. The van der Waals surface area contributed by atoms with E-state index in [2.05, 4.69) is 33.1 Å². The largest absolute Gasteiger partial charge is 0.497 e. The quantitative estimate of drug-likeness (QED) is 0.614. The van der Waals surface area contributed by atoms with Crippen LogP contribution in [0.3, 0.4) is 0 Å². The molecule has 3 aromatic rings. The molecule has 0 saturated heterocycles. The first-order chi connectivity index (χ1) is 12.1. The van der Waals surface area contributed by atoms with E-state index in [4.69, 9.17) is 17.0 Å². The Morgan fingerprint density at radius 1 is 1.12 bits per heavy atom. The van der Waals surface area contributed by atoms with Crippen molar-refractivity contribution in [3.05, 3.63) is 57.2 Å². The van der Waals surface area contributed by atoms with Gasteiger partial charge in [-0.25, -0.2) is 4.98 Å². The van der Waals surface area contributed by atoms with Crippen molar-refractivity contribution in [3.63, 3.8) is 0 Å². The summed E-state index contributed by atoms with van der Waals surface area (Å²) in [6.45, 7) is 3.42. The summed E-state index contributed by atoms with van der Waals surface area (Å²) in [7, 11) is 1.66. The third-order valence-electron chi connectivity index (χ3n) is 3.57. The van der Waals surface area contributed by atoms with E-state index in [-0.39, 0.29) is 0 Å². The molecule has 0 spiro atoms. The summed E-state index contributed by atoms with van der Waals surface area (Å²) in [5.74, 6) is 0.855. The average molecular weight is 390 g/mol. The van der Waals surface area contributed by atoms with E-state index >= 15 is 0 Å². The maximum absolute atomic E-state index is 5.35. The fraction of sp³-hybridized carbons (Fsp3) is 0.222. The first-order valence-corrected chi connectivity index (χ1v) is 9.90. The Bertz CT molecular complexity index is 839. The number of benzene rings is 1. The second-order valence-electron chi connectivity index (χ2n) is 5.40. The minimum Gasteiger partial charge on any atom is -0.497 e. The topological polar surface area (TPSA) is 46.2 Å². The Balaban J connectivity index is 1.46. The molecule has 7 heteroatoms. The lowest BCUT2D eigenvalue weighted by molar-refractivity contribution is 0.414. The van der Waals surface area contributed by atoms with Gasteiger partial charge in [0.25, 0.3) is 0 Å².